The average molecular weight is 355 g/mol. The Hall–Kier alpha value is -0.880. The van der Waals surface area contributed by atoms with Crippen molar-refractivity contribution < 1.29 is 5.11 Å². The van der Waals surface area contributed by atoms with E-state index in [1.54, 1.807) is 0 Å². The van der Waals surface area contributed by atoms with Gasteiger partial charge in [0.05, 0.1) is 10.1 Å². The molecular formula is C15H23BrN4O. The van der Waals surface area contributed by atoms with E-state index < -0.39 is 5.60 Å². The van der Waals surface area contributed by atoms with E-state index in [4.69, 9.17) is 0 Å². The first kappa shape index (κ1) is 15.0. The number of rotatable bonds is 3. The third kappa shape index (κ3) is 3.01. The Bertz CT molecular complexity index is 512. The fraction of sp³-hybridized carbons (Fsp3) is 0.733. The zero-order valence-electron chi connectivity index (χ0n) is 12.5. The summed E-state index contributed by atoms with van der Waals surface area (Å²) in [5.74, 6) is 1.97. The van der Waals surface area contributed by atoms with Gasteiger partial charge in [0.2, 0.25) is 5.95 Å². The quantitative estimate of drug-likeness (QED) is 0.873. The van der Waals surface area contributed by atoms with Crippen LogP contribution < -0.4 is 10.2 Å². The van der Waals surface area contributed by atoms with Gasteiger partial charge in [-0.3, -0.25) is 0 Å². The van der Waals surface area contributed by atoms with Gasteiger partial charge < -0.3 is 15.3 Å². The first-order valence-corrected chi connectivity index (χ1v) is 8.65. The fourth-order valence-electron chi connectivity index (χ4n) is 3.59. The van der Waals surface area contributed by atoms with E-state index in [0.29, 0.717) is 11.9 Å². The number of hydrogen-bond donors (Lipinski definition) is 2. The van der Waals surface area contributed by atoms with Gasteiger partial charge in [-0.15, -0.1) is 0 Å². The van der Waals surface area contributed by atoms with Crippen molar-refractivity contribution in [2.24, 2.45) is 5.92 Å². The zero-order chi connectivity index (χ0) is 14.9. The summed E-state index contributed by atoms with van der Waals surface area (Å²) in [6, 6.07) is 0. The second kappa shape index (κ2) is 6.08. The van der Waals surface area contributed by atoms with E-state index >= 15 is 0 Å². The highest BCUT2D eigenvalue weighted by Crippen LogP contribution is 2.41. The number of nitrogens with one attached hydrogen (secondary N) is 1. The van der Waals surface area contributed by atoms with Crippen LogP contribution in [-0.4, -0.2) is 40.3 Å². The van der Waals surface area contributed by atoms with Crippen LogP contribution in [-0.2, 0) is 0 Å². The molecule has 1 saturated heterocycles. The van der Waals surface area contributed by atoms with Crippen molar-refractivity contribution in [2.45, 2.75) is 44.6 Å². The number of halogens is 1. The smallest absolute Gasteiger partial charge is 0.224 e. The molecule has 0 spiro atoms. The maximum Gasteiger partial charge on any atom is 0.224 e. The zero-order valence-corrected chi connectivity index (χ0v) is 14.1. The third-order valence-electron chi connectivity index (χ3n) is 4.79. The Morgan fingerprint density at radius 3 is 3.14 bits per heavy atom. The lowest BCUT2D eigenvalue weighted by Crippen LogP contribution is -2.53. The second-order valence-electron chi connectivity index (χ2n) is 6.14. The molecular weight excluding hydrogens is 332 g/mol. The Labute approximate surface area is 134 Å². The van der Waals surface area contributed by atoms with Gasteiger partial charge in [-0.25, -0.2) is 4.98 Å². The predicted octanol–water partition coefficient (Wildman–Crippen LogP) is 2.80. The number of aliphatic hydroxyl groups is 1. The maximum absolute atomic E-state index is 10.8. The molecule has 0 radical (unpaired) electrons. The van der Waals surface area contributed by atoms with Gasteiger partial charge in [-0.1, -0.05) is 12.8 Å². The van der Waals surface area contributed by atoms with Gasteiger partial charge in [0.15, 0.2) is 0 Å². The summed E-state index contributed by atoms with van der Waals surface area (Å²) < 4.78 is 0.922. The molecule has 2 fully saturated rings. The molecule has 1 aliphatic heterocycles. The highest BCUT2D eigenvalue weighted by atomic mass is 79.9. The van der Waals surface area contributed by atoms with Crippen molar-refractivity contribution in [1.29, 1.82) is 0 Å². The first-order valence-electron chi connectivity index (χ1n) is 7.86. The summed E-state index contributed by atoms with van der Waals surface area (Å²) in [6.07, 6.45) is 7.12. The third-order valence-corrected chi connectivity index (χ3v) is 5.35. The van der Waals surface area contributed by atoms with Gasteiger partial charge in [0.1, 0.15) is 5.82 Å². The Kier molecular flexibility index (Phi) is 4.36. The summed E-state index contributed by atoms with van der Waals surface area (Å²) in [5, 5.41) is 13.9. The second-order valence-corrected chi connectivity index (χ2v) is 6.99. The van der Waals surface area contributed by atoms with Crippen molar-refractivity contribution in [3.05, 3.63) is 10.7 Å². The fourth-order valence-corrected chi connectivity index (χ4v) is 4.03. The predicted molar refractivity (Wildman–Crippen MR) is 87.6 cm³/mol. The molecule has 1 saturated carbocycles. The van der Waals surface area contributed by atoms with Crippen LogP contribution in [0.25, 0.3) is 0 Å². The molecule has 2 N–H and O–H groups in total. The Morgan fingerprint density at radius 1 is 1.48 bits per heavy atom. The van der Waals surface area contributed by atoms with E-state index in [0.717, 1.165) is 55.6 Å². The minimum atomic E-state index is -0.446. The lowest BCUT2D eigenvalue weighted by atomic mass is 9.71. The molecule has 1 aliphatic carbocycles. The van der Waals surface area contributed by atoms with Crippen LogP contribution in [0.2, 0.25) is 0 Å². The van der Waals surface area contributed by atoms with Crippen LogP contribution in [0.5, 0.6) is 0 Å². The monoisotopic (exact) mass is 354 g/mol. The van der Waals surface area contributed by atoms with Gasteiger partial charge in [0, 0.05) is 31.7 Å². The van der Waals surface area contributed by atoms with E-state index in [1.165, 1.54) is 6.42 Å². The number of piperidine rings is 1. The van der Waals surface area contributed by atoms with Crippen LogP contribution in [0, 0.1) is 5.92 Å². The maximum atomic E-state index is 10.8. The molecule has 0 bridgehead atoms. The molecule has 6 heteroatoms. The van der Waals surface area contributed by atoms with Crippen LogP contribution in [0.1, 0.15) is 39.0 Å². The Balaban J connectivity index is 1.80. The van der Waals surface area contributed by atoms with Gasteiger partial charge in [-0.2, -0.15) is 4.98 Å². The minimum absolute atomic E-state index is 0.365. The molecule has 1 aromatic rings. The van der Waals surface area contributed by atoms with Gasteiger partial charge in [0.25, 0.3) is 0 Å². The summed E-state index contributed by atoms with van der Waals surface area (Å²) >= 11 is 3.56. The lowest BCUT2D eigenvalue weighted by Gasteiger charge is -2.47. The largest absolute Gasteiger partial charge is 0.389 e. The van der Waals surface area contributed by atoms with Crippen molar-refractivity contribution >= 4 is 27.7 Å². The van der Waals surface area contributed by atoms with Crippen LogP contribution >= 0.6 is 15.9 Å². The van der Waals surface area contributed by atoms with E-state index in [2.05, 4.69) is 36.1 Å². The molecule has 0 aromatic carbocycles. The first-order chi connectivity index (χ1) is 10.1. The summed E-state index contributed by atoms with van der Waals surface area (Å²) in [5.41, 5.74) is -0.446. The van der Waals surface area contributed by atoms with E-state index in [-0.39, 0.29) is 0 Å². The number of aromatic nitrogens is 2. The van der Waals surface area contributed by atoms with Crippen molar-refractivity contribution in [2.75, 3.05) is 29.9 Å². The normalized spacial score (nSPS) is 29.1. The van der Waals surface area contributed by atoms with E-state index in [9.17, 15) is 5.11 Å². The molecule has 3 rings (SSSR count). The topological polar surface area (TPSA) is 61.3 Å². The molecule has 116 valence electrons. The Morgan fingerprint density at radius 2 is 2.33 bits per heavy atom. The number of anilines is 2. The SMILES string of the molecule is CCNc1ncc(Br)c(N2CCC3(O)CCCCC3C2)n1. The van der Waals surface area contributed by atoms with Gasteiger partial charge >= 0.3 is 0 Å². The molecule has 2 heterocycles. The molecule has 0 amide bonds. The van der Waals surface area contributed by atoms with Crippen molar-refractivity contribution in [3.63, 3.8) is 0 Å². The highest BCUT2D eigenvalue weighted by Gasteiger charge is 2.43. The number of nitrogens with zero attached hydrogens (tertiary/aromatic N) is 3. The van der Waals surface area contributed by atoms with E-state index in [1.807, 2.05) is 13.1 Å². The van der Waals surface area contributed by atoms with Crippen LogP contribution in [0.3, 0.4) is 0 Å². The van der Waals surface area contributed by atoms with Crippen LogP contribution in [0.15, 0.2) is 10.7 Å². The van der Waals surface area contributed by atoms with Crippen molar-refractivity contribution in [3.8, 4) is 0 Å². The number of hydrogen-bond acceptors (Lipinski definition) is 5. The van der Waals surface area contributed by atoms with Crippen molar-refractivity contribution in [1.82, 2.24) is 9.97 Å². The highest BCUT2D eigenvalue weighted by molar-refractivity contribution is 9.10. The standard InChI is InChI=1S/C15H23BrN4O/c1-2-17-14-18-9-12(16)13(19-14)20-8-7-15(21)6-4-3-5-11(15)10-20/h9,11,21H,2-8,10H2,1H3,(H,17,18,19). The molecule has 5 nitrogen and oxygen atoms in total. The minimum Gasteiger partial charge on any atom is -0.389 e. The lowest BCUT2D eigenvalue weighted by molar-refractivity contribution is -0.0613. The molecule has 2 aliphatic rings. The molecule has 2 unspecified atom stereocenters. The van der Waals surface area contributed by atoms with Gasteiger partial charge in [-0.05, 0) is 42.1 Å². The molecule has 1 aromatic heterocycles. The number of fused-ring (bicyclic) bond motifs is 1. The summed E-state index contributed by atoms with van der Waals surface area (Å²) in [6.45, 7) is 4.59. The average Bonchev–Trinajstić information content (AvgIpc) is 2.49. The molecule has 2 atom stereocenters. The van der Waals surface area contributed by atoms with Crippen LogP contribution in [0.4, 0.5) is 11.8 Å². The molecule has 21 heavy (non-hydrogen) atoms. The summed E-state index contributed by atoms with van der Waals surface area (Å²) in [7, 11) is 0. The summed E-state index contributed by atoms with van der Waals surface area (Å²) in [4.78, 5) is 11.2.